The van der Waals surface area contributed by atoms with Crippen LogP contribution in [0.15, 0.2) is 24.3 Å². The maximum absolute atomic E-state index is 10.7. The third kappa shape index (κ3) is 2.22. The first-order valence-corrected chi connectivity index (χ1v) is 3.77. The SMILES string of the molecule is O=C(CO)Nc1ccccc1Cl. The molecule has 0 aliphatic carbocycles. The van der Waals surface area contributed by atoms with E-state index in [0.29, 0.717) is 10.7 Å². The van der Waals surface area contributed by atoms with E-state index in [1.165, 1.54) is 0 Å². The molecule has 0 aliphatic rings. The van der Waals surface area contributed by atoms with E-state index >= 15 is 0 Å². The van der Waals surface area contributed by atoms with E-state index in [1.807, 2.05) is 0 Å². The molecule has 1 aromatic carbocycles. The molecule has 4 heteroatoms. The van der Waals surface area contributed by atoms with Crippen molar-refractivity contribution < 1.29 is 9.90 Å². The van der Waals surface area contributed by atoms with Gasteiger partial charge in [0, 0.05) is 0 Å². The summed E-state index contributed by atoms with van der Waals surface area (Å²) in [6.45, 7) is -0.536. The minimum Gasteiger partial charge on any atom is -0.387 e. The standard InChI is InChI=1S/C8H8ClNO2/c9-6-3-1-2-4-7(6)10-8(12)5-11/h1-4,11H,5H2,(H,10,12). The van der Waals surface area contributed by atoms with E-state index in [1.54, 1.807) is 24.3 Å². The molecule has 0 heterocycles. The summed E-state index contributed by atoms with van der Waals surface area (Å²) in [6.07, 6.45) is 0. The van der Waals surface area contributed by atoms with E-state index in [2.05, 4.69) is 5.32 Å². The molecule has 0 spiro atoms. The predicted molar refractivity (Wildman–Crippen MR) is 47.2 cm³/mol. The number of carbonyl (C=O) groups is 1. The Morgan fingerprint density at radius 2 is 2.17 bits per heavy atom. The monoisotopic (exact) mass is 185 g/mol. The fourth-order valence-corrected chi connectivity index (χ4v) is 0.935. The lowest BCUT2D eigenvalue weighted by molar-refractivity contribution is -0.118. The van der Waals surface area contributed by atoms with Crippen molar-refractivity contribution in [1.82, 2.24) is 0 Å². The summed E-state index contributed by atoms with van der Waals surface area (Å²) in [5.41, 5.74) is 0.512. The molecule has 0 unspecified atom stereocenters. The Kier molecular flexibility index (Phi) is 3.08. The predicted octanol–water partition coefficient (Wildman–Crippen LogP) is 1.27. The second-order valence-corrected chi connectivity index (χ2v) is 2.59. The van der Waals surface area contributed by atoms with Crippen molar-refractivity contribution in [3.63, 3.8) is 0 Å². The average molecular weight is 186 g/mol. The summed E-state index contributed by atoms with van der Waals surface area (Å²) in [5.74, 6) is -0.469. The molecule has 2 N–H and O–H groups in total. The van der Waals surface area contributed by atoms with Crippen LogP contribution in [-0.4, -0.2) is 17.6 Å². The van der Waals surface area contributed by atoms with Gasteiger partial charge in [-0.15, -0.1) is 0 Å². The van der Waals surface area contributed by atoms with Gasteiger partial charge in [0.15, 0.2) is 0 Å². The Hall–Kier alpha value is -1.06. The molecular formula is C8H8ClNO2. The van der Waals surface area contributed by atoms with Crippen LogP contribution in [0, 0.1) is 0 Å². The normalized spacial score (nSPS) is 9.50. The van der Waals surface area contributed by atoms with Crippen molar-refractivity contribution >= 4 is 23.2 Å². The number of anilines is 1. The fourth-order valence-electron chi connectivity index (χ4n) is 0.752. The van der Waals surface area contributed by atoms with Gasteiger partial charge in [0.05, 0.1) is 10.7 Å². The molecule has 0 atom stereocenters. The Balaban J connectivity index is 2.75. The molecule has 0 aromatic heterocycles. The Bertz CT molecular complexity index is 288. The van der Waals surface area contributed by atoms with E-state index < -0.39 is 12.5 Å². The van der Waals surface area contributed by atoms with Gasteiger partial charge in [0.25, 0.3) is 0 Å². The number of carbonyl (C=O) groups excluding carboxylic acids is 1. The minimum atomic E-state index is -0.536. The third-order valence-corrected chi connectivity index (χ3v) is 1.62. The lowest BCUT2D eigenvalue weighted by atomic mass is 10.3. The van der Waals surface area contributed by atoms with Gasteiger partial charge in [-0.2, -0.15) is 0 Å². The maximum Gasteiger partial charge on any atom is 0.250 e. The minimum absolute atomic E-state index is 0.458. The molecule has 1 aromatic rings. The van der Waals surface area contributed by atoms with Gasteiger partial charge < -0.3 is 10.4 Å². The van der Waals surface area contributed by atoms with Crippen LogP contribution in [0.4, 0.5) is 5.69 Å². The zero-order chi connectivity index (χ0) is 8.97. The highest BCUT2D eigenvalue weighted by molar-refractivity contribution is 6.33. The first kappa shape index (κ1) is 9.03. The second-order valence-electron chi connectivity index (χ2n) is 2.19. The molecule has 0 radical (unpaired) electrons. The Labute approximate surface area is 75.0 Å². The van der Waals surface area contributed by atoms with Crippen LogP contribution in [0.1, 0.15) is 0 Å². The van der Waals surface area contributed by atoms with Gasteiger partial charge in [0.2, 0.25) is 5.91 Å². The van der Waals surface area contributed by atoms with Crippen LogP contribution in [0.5, 0.6) is 0 Å². The highest BCUT2D eigenvalue weighted by atomic mass is 35.5. The summed E-state index contributed by atoms with van der Waals surface area (Å²) in [5, 5.41) is 11.3. The van der Waals surface area contributed by atoms with Gasteiger partial charge in [-0.3, -0.25) is 4.79 Å². The van der Waals surface area contributed by atoms with Gasteiger partial charge >= 0.3 is 0 Å². The summed E-state index contributed by atoms with van der Waals surface area (Å²) in [7, 11) is 0. The number of aliphatic hydroxyl groups is 1. The van der Waals surface area contributed by atoms with E-state index in [9.17, 15) is 4.79 Å². The van der Waals surface area contributed by atoms with Gasteiger partial charge in [-0.05, 0) is 12.1 Å². The molecule has 1 rings (SSSR count). The zero-order valence-corrected chi connectivity index (χ0v) is 7.01. The van der Waals surface area contributed by atoms with Gasteiger partial charge in [-0.25, -0.2) is 0 Å². The molecule has 3 nitrogen and oxygen atoms in total. The lowest BCUT2D eigenvalue weighted by Crippen LogP contribution is -2.15. The van der Waals surface area contributed by atoms with Crippen LogP contribution >= 0.6 is 11.6 Å². The summed E-state index contributed by atoms with van der Waals surface area (Å²) >= 11 is 5.73. The lowest BCUT2D eigenvalue weighted by Gasteiger charge is -2.03. The highest BCUT2D eigenvalue weighted by Crippen LogP contribution is 2.19. The quantitative estimate of drug-likeness (QED) is 0.729. The van der Waals surface area contributed by atoms with Gasteiger partial charge in [0.1, 0.15) is 6.61 Å². The molecular weight excluding hydrogens is 178 g/mol. The Morgan fingerprint density at radius 3 is 2.75 bits per heavy atom. The van der Waals surface area contributed by atoms with Crippen molar-refractivity contribution in [2.75, 3.05) is 11.9 Å². The molecule has 0 saturated heterocycles. The number of hydrogen-bond donors (Lipinski definition) is 2. The number of aliphatic hydroxyl groups excluding tert-OH is 1. The average Bonchev–Trinajstić information content (AvgIpc) is 2.09. The van der Waals surface area contributed by atoms with Crippen LogP contribution in [0.25, 0.3) is 0 Å². The van der Waals surface area contributed by atoms with Crippen molar-refractivity contribution in [1.29, 1.82) is 0 Å². The molecule has 0 saturated carbocycles. The Morgan fingerprint density at radius 1 is 1.50 bits per heavy atom. The number of halogens is 1. The van der Waals surface area contributed by atoms with Gasteiger partial charge in [-0.1, -0.05) is 23.7 Å². The van der Waals surface area contributed by atoms with E-state index in [0.717, 1.165) is 0 Å². The number of amides is 1. The largest absolute Gasteiger partial charge is 0.387 e. The first-order chi connectivity index (χ1) is 5.74. The van der Waals surface area contributed by atoms with Crippen molar-refractivity contribution in [3.8, 4) is 0 Å². The van der Waals surface area contributed by atoms with Crippen molar-refractivity contribution in [2.24, 2.45) is 0 Å². The highest BCUT2D eigenvalue weighted by Gasteiger charge is 2.01. The van der Waals surface area contributed by atoms with E-state index in [4.69, 9.17) is 16.7 Å². The molecule has 0 bridgehead atoms. The van der Waals surface area contributed by atoms with Crippen LogP contribution < -0.4 is 5.32 Å². The molecule has 0 fully saturated rings. The van der Waals surface area contributed by atoms with E-state index in [-0.39, 0.29) is 0 Å². The first-order valence-electron chi connectivity index (χ1n) is 3.39. The molecule has 12 heavy (non-hydrogen) atoms. The fraction of sp³-hybridized carbons (Fsp3) is 0.125. The smallest absolute Gasteiger partial charge is 0.250 e. The topological polar surface area (TPSA) is 49.3 Å². The van der Waals surface area contributed by atoms with Crippen LogP contribution in [0.3, 0.4) is 0 Å². The zero-order valence-electron chi connectivity index (χ0n) is 6.25. The summed E-state index contributed by atoms with van der Waals surface area (Å²) in [6, 6.07) is 6.83. The number of para-hydroxylation sites is 1. The second kappa shape index (κ2) is 4.09. The summed E-state index contributed by atoms with van der Waals surface area (Å²) < 4.78 is 0. The van der Waals surface area contributed by atoms with Crippen LogP contribution in [-0.2, 0) is 4.79 Å². The van der Waals surface area contributed by atoms with Crippen molar-refractivity contribution in [2.45, 2.75) is 0 Å². The maximum atomic E-state index is 10.7. The summed E-state index contributed by atoms with van der Waals surface area (Å²) in [4.78, 5) is 10.7. The van der Waals surface area contributed by atoms with Crippen LogP contribution in [0.2, 0.25) is 5.02 Å². The number of benzene rings is 1. The molecule has 0 aliphatic heterocycles. The number of rotatable bonds is 2. The third-order valence-electron chi connectivity index (χ3n) is 1.29. The molecule has 1 amide bonds. The molecule has 64 valence electrons. The van der Waals surface area contributed by atoms with Crippen molar-refractivity contribution in [3.05, 3.63) is 29.3 Å². The number of hydrogen-bond acceptors (Lipinski definition) is 2. The number of nitrogens with one attached hydrogen (secondary N) is 1.